The van der Waals surface area contributed by atoms with E-state index in [0.29, 0.717) is 13.0 Å². The minimum Gasteiger partial charge on any atom is -0.480 e. The van der Waals surface area contributed by atoms with Crippen LogP contribution in [-0.4, -0.2) is 26.4 Å². The number of nitrogens with zero attached hydrogens (tertiary/aromatic N) is 2. The molecule has 1 aromatic carbocycles. The van der Waals surface area contributed by atoms with Gasteiger partial charge in [-0.2, -0.15) is 5.10 Å². The SMILES string of the molecule is CCC(C)(NCc1nn(C)c2ccccc12)C(=O)O. The number of benzene rings is 1. The van der Waals surface area contributed by atoms with Gasteiger partial charge in [0.25, 0.3) is 0 Å². The van der Waals surface area contributed by atoms with E-state index in [4.69, 9.17) is 0 Å². The number of aryl methyl sites for hydroxylation is 1. The van der Waals surface area contributed by atoms with Crippen molar-refractivity contribution < 1.29 is 9.90 Å². The summed E-state index contributed by atoms with van der Waals surface area (Å²) in [5, 5.41) is 17.8. The van der Waals surface area contributed by atoms with E-state index in [0.717, 1.165) is 16.6 Å². The highest BCUT2D eigenvalue weighted by molar-refractivity contribution is 5.82. The number of carboxylic acid groups (broad SMARTS) is 1. The molecule has 0 amide bonds. The molecule has 0 saturated carbocycles. The van der Waals surface area contributed by atoms with Crippen molar-refractivity contribution in [2.24, 2.45) is 7.05 Å². The predicted octanol–water partition coefficient (Wildman–Crippen LogP) is 1.92. The third kappa shape index (κ3) is 2.46. The highest BCUT2D eigenvalue weighted by Crippen LogP contribution is 2.18. The number of nitrogens with one attached hydrogen (secondary N) is 1. The van der Waals surface area contributed by atoms with E-state index >= 15 is 0 Å². The van der Waals surface area contributed by atoms with Crippen LogP contribution in [0.2, 0.25) is 0 Å². The first-order valence-electron chi connectivity index (χ1n) is 6.37. The van der Waals surface area contributed by atoms with E-state index in [-0.39, 0.29) is 0 Å². The predicted molar refractivity (Wildman–Crippen MR) is 73.9 cm³/mol. The minimum absolute atomic E-state index is 0.442. The molecule has 2 rings (SSSR count). The van der Waals surface area contributed by atoms with E-state index in [9.17, 15) is 9.90 Å². The summed E-state index contributed by atoms with van der Waals surface area (Å²) in [6.07, 6.45) is 0.521. The Hall–Kier alpha value is -1.88. The standard InChI is InChI=1S/C14H19N3O2/c1-4-14(2,13(18)19)15-9-11-10-7-5-6-8-12(10)17(3)16-11/h5-8,15H,4,9H2,1-3H3,(H,18,19). The van der Waals surface area contributed by atoms with Crippen molar-refractivity contribution in [1.82, 2.24) is 15.1 Å². The molecule has 1 unspecified atom stereocenters. The fourth-order valence-electron chi connectivity index (χ4n) is 2.05. The zero-order valence-corrected chi connectivity index (χ0v) is 11.5. The van der Waals surface area contributed by atoms with E-state index in [1.165, 1.54) is 0 Å². The normalized spacial score (nSPS) is 14.5. The largest absolute Gasteiger partial charge is 0.480 e. The molecule has 2 aromatic rings. The molecule has 1 atom stereocenters. The third-order valence-electron chi connectivity index (χ3n) is 3.66. The van der Waals surface area contributed by atoms with Gasteiger partial charge in [0.15, 0.2) is 0 Å². The second kappa shape index (κ2) is 5.01. The minimum atomic E-state index is -0.918. The summed E-state index contributed by atoms with van der Waals surface area (Å²) < 4.78 is 1.82. The molecule has 0 spiro atoms. The lowest BCUT2D eigenvalue weighted by Gasteiger charge is -2.24. The fourth-order valence-corrected chi connectivity index (χ4v) is 2.05. The molecule has 0 saturated heterocycles. The summed E-state index contributed by atoms with van der Waals surface area (Å²) in [6, 6.07) is 7.93. The van der Waals surface area contributed by atoms with Crippen LogP contribution >= 0.6 is 0 Å². The van der Waals surface area contributed by atoms with Crippen molar-refractivity contribution in [2.45, 2.75) is 32.4 Å². The molecule has 2 N–H and O–H groups in total. The summed E-state index contributed by atoms with van der Waals surface area (Å²) in [5.74, 6) is -0.838. The van der Waals surface area contributed by atoms with Crippen LogP contribution in [0.4, 0.5) is 0 Å². The van der Waals surface area contributed by atoms with Crippen LogP contribution in [0.1, 0.15) is 26.0 Å². The summed E-state index contributed by atoms with van der Waals surface area (Å²) in [6.45, 7) is 4.00. The van der Waals surface area contributed by atoms with Crippen LogP contribution in [-0.2, 0) is 18.4 Å². The maximum atomic E-state index is 11.3. The number of carbonyl (C=O) groups is 1. The second-order valence-corrected chi connectivity index (χ2v) is 4.93. The van der Waals surface area contributed by atoms with Crippen molar-refractivity contribution in [2.75, 3.05) is 0 Å². The van der Waals surface area contributed by atoms with Gasteiger partial charge in [-0.15, -0.1) is 0 Å². The van der Waals surface area contributed by atoms with Gasteiger partial charge in [-0.3, -0.25) is 14.8 Å². The number of hydrogen-bond donors (Lipinski definition) is 2. The lowest BCUT2D eigenvalue weighted by atomic mass is 9.99. The van der Waals surface area contributed by atoms with Gasteiger partial charge in [0, 0.05) is 19.0 Å². The van der Waals surface area contributed by atoms with Crippen LogP contribution in [0.15, 0.2) is 24.3 Å². The molecule has 0 aliphatic heterocycles. The van der Waals surface area contributed by atoms with Crippen LogP contribution in [0.3, 0.4) is 0 Å². The topological polar surface area (TPSA) is 67.2 Å². The molecule has 5 nitrogen and oxygen atoms in total. The van der Waals surface area contributed by atoms with E-state index in [1.54, 1.807) is 6.92 Å². The van der Waals surface area contributed by atoms with E-state index < -0.39 is 11.5 Å². The summed E-state index contributed by atoms with van der Waals surface area (Å²) >= 11 is 0. The molecule has 0 bridgehead atoms. The van der Waals surface area contributed by atoms with Gasteiger partial charge in [-0.05, 0) is 19.4 Å². The lowest BCUT2D eigenvalue weighted by Crippen LogP contribution is -2.48. The highest BCUT2D eigenvalue weighted by Gasteiger charge is 2.30. The summed E-state index contributed by atoms with van der Waals surface area (Å²) in [4.78, 5) is 11.3. The third-order valence-corrected chi connectivity index (χ3v) is 3.66. The summed E-state index contributed by atoms with van der Waals surface area (Å²) in [7, 11) is 1.89. The first kappa shape index (κ1) is 13.5. The van der Waals surface area contributed by atoms with Crippen LogP contribution in [0.5, 0.6) is 0 Å². The number of hydrogen-bond acceptors (Lipinski definition) is 3. The molecule has 1 aromatic heterocycles. The smallest absolute Gasteiger partial charge is 0.323 e. The van der Waals surface area contributed by atoms with Crippen molar-refractivity contribution in [3.05, 3.63) is 30.0 Å². The van der Waals surface area contributed by atoms with Crippen LogP contribution in [0, 0.1) is 0 Å². The van der Waals surface area contributed by atoms with Gasteiger partial charge < -0.3 is 5.11 Å². The number of aliphatic carboxylic acids is 1. The molecule has 1 heterocycles. The molecular formula is C14H19N3O2. The first-order chi connectivity index (χ1) is 8.98. The summed E-state index contributed by atoms with van der Waals surface area (Å²) in [5.41, 5.74) is 1.00. The quantitative estimate of drug-likeness (QED) is 0.863. The van der Waals surface area contributed by atoms with Gasteiger partial charge in [0.2, 0.25) is 0 Å². The fraction of sp³-hybridized carbons (Fsp3) is 0.429. The number of fused-ring (bicyclic) bond motifs is 1. The molecule has 102 valence electrons. The zero-order valence-electron chi connectivity index (χ0n) is 11.5. The molecule has 0 radical (unpaired) electrons. The van der Waals surface area contributed by atoms with Gasteiger partial charge in [-0.1, -0.05) is 25.1 Å². The Morgan fingerprint density at radius 2 is 2.16 bits per heavy atom. The van der Waals surface area contributed by atoms with Crippen LogP contribution in [0.25, 0.3) is 10.9 Å². The second-order valence-electron chi connectivity index (χ2n) is 4.93. The van der Waals surface area contributed by atoms with Gasteiger partial charge >= 0.3 is 5.97 Å². The Bertz CT molecular complexity index is 606. The Kier molecular flexibility index (Phi) is 3.57. The van der Waals surface area contributed by atoms with E-state index in [2.05, 4.69) is 10.4 Å². The molecule has 5 heteroatoms. The van der Waals surface area contributed by atoms with Crippen molar-refractivity contribution in [3.63, 3.8) is 0 Å². The average Bonchev–Trinajstić information content (AvgIpc) is 2.73. The Morgan fingerprint density at radius 3 is 2.79 bits per heavy atom. The molecule has 0 fully saturated rings. The Morgan fingerprint density at radius 1 is 1.47 bits per heavy atom. The Balaban J connectivity index is 2.25. The van der Waals surface area contributed by atoms with Crippen LogP contribution < -0.4 is 5.32 Å². The van der Waals surface area contributed by atoms with Crippen molar-refractivity contribution in [3.8, 4) is 0 Å². The maximum Gasteiger partial charge on any atom is 0.323 e. The molecule has 19 heavy (non-hydrogen) atoms. The number of aromatic nitrogens is 2. The molecular weight excluding hydrogens is 242 g/mol. The molecule has 0 aliphatic carbocycles. The van der Waals surface area contributed by atoms with Gasteiger partial charge in [0.1, 0.15) is 5.54 Å². The molecule has 0 aliphatic rings. The maximum absolute atomic E-state index is 11.3. The zero-order chi connectivity index (χ0) is 14.0. The number of carboxylic acids is 1. The van der Waals surface area contributed by atoms with Crippen molar-refractivity contribution >= 4 is 16.9 Å². The van der Waals surface area contributed by atoms with Crippen molar-refractivity contribution in [1.29, 1.82) is 0 Å². The Labute approximate surface area is 112 Å². The number of para-hydroxylation sites is 1. The average molecular weight is 261 g/mol. The highest BCUT2D eigenvalue weighted by atomic mass is 16.4. The van der Waals surface area contributed by atoms with E-state index in [1.807, 2.05) is 42.9 Å². The monoisotopic (exact) mass is 261 g/mol. The number of rotatable bonds is 5. The first-order valence-corrected chi connectivity index (χ1v) is 6.37. The lowest BCUT2D eigenvalue weighted by molar-refractivity contribution is -0.144. The van der Waals surface area contributed by atoms with Gasteiger partial charge in [0.05, 0.1) is 11.2 Å². The van der Waals surface area contributed by atoms with Gasteiger partial charge in [-0.25, -0.2) is 0 Å².